The molecule has 0 spiro atoms. The summed E-state index contributed by atoms with van der Waals surface area (Å²) >= 11 is 0. The second kappa shape index (κ2) is 7.26. The van der Waals surface area contributed by atoms with Crippen LogP contribution >= 0.6 is 0 Å². The minimum absolute atomic E-state index is 0.160. The Balaban J connectivity index is 1.90. The third-order valence-electron chi connectivity index (χ3n) is 5.04. The van der Waals surface area contributed by atoms with Crippen LogP contribution < -0.4 is 5.32 Å². The Bertz CT molecular complexity index is 481. The maximum Gasteiger partial charge on any atom is 0.223 e. The summed E-state index contributed by atoms with van der Waals surface area (Å²) in [5, 5.41) is 3.14. The van der Waals surface area contributed by atoms with Crippen molar-refractivity contribution in [3.8, 4) is 0 Å². The molecule has 2 atom stereocenters. The van der Waals surface area contributed by atoms with E-state index in [9.17, 15) is 4.79 Å². The standard InChI is InChI=1S/C19H30N2O/c1-14(2)16-8-10-19(3,4)13-17(16)18(22)21-12-9-15-7-5-6-11-20-15/h5-7,11,14,16-17H,8-10,12-13H2,1-4H3,(H,21,22). The van der Waals surface area contributed by atoms with E-state index in [1.54, 1.807) is 6.20 Å². The molecule has 1 aliphatic carbocycles. The van der Waals surface area contributed by atoms with E-state index < -0.39 is 0 Å². The van der Waals surface area contributed by atoms with Crippen molar-refractivity contribution >= 4 is 5.91 Å². The Morgan fingerprint density at radius 1 is 1.41 bits per heavy atom. The molecule has 1 N–H and O–H groups in total. The lowest BCUT2D eigenvalue weighted by Gasteiger charge is -2.41. The van der Waals surface area contributed by atoms with E-state index in [0.29, 0.717) is 18.4 Å². The van der Waals surface area contributed by atoms with Crippen LogP contribution in [0.1, 0.15) is 52.7 Å². The van der Waals surface area contributed by atoms with Crippen LogP contribution in [0.3, 0.4) is 0 Å². The van der Waals surface area contributed by atoms with Gasteiger partial charge in [-0.15, -0.1) is 0 Å². The molecule has 1 heterocycles. The lowest BCUT2D eigenvalue weighted by atomic mass is 9.64. The van der Waals surface area contributed by atoms with Crippen molar-refractivity contribution in [2.75, 3.05) is 6.54 Å². The first-order valence-corrected chi connectivity index (χ1v) is 8.57. The average Bonchev–Trinajstić information content (AvgIpc) is 2.47. The minimum Gasteiger partial charge on any atom is -0.355 e. The van der Waals surface area contributed by atoms with Crippen LogP contribution in [-0.2, 0) is 11.2 Å². The van der Waals surface area contributed by atoms with Crippen molar-refractivity contribution in [3.05, 3.63) is 30.1 Å². The zero-order chi connectivity index (χ0) is 16.2. The molecule has 0 bridgehead atoms. The van der Waals surface area contributed by atoms with E-state index >= 15 is 0 Å². The lowest BCUT2D eigenvalue weighted by molar-refractivity contribution is -0.130. The molecular formula is C19H30N2O. The van der Waals surface area contributed by atoms with E-state index in [4.69, 9.17) is 0 Å². The maximum atomic E-state index is 12.7. The highest BCUT2D eigenvalue weighted by Crippen LogP contribution is 2.44. The van der Waals surface area contributed by atoms with Crippen LogP contribution in [0.5, 0.6) is 0 Å². The Morgan fingerprint density at radius 3 is 2.82 bits per heavy atom. The quantitative estimate of drug-likeness (QED) is 0.898. The summed E-state index contributed by atoms with van der Waals surface area (Å²) in [6, 6.07) is 5.91. The molecule has 22 heavy (non-hydrogen) atoms. The smallest absolute Gasteiger partial charge is 0.223 e. The molecule has 1 aromatic rings. The molecule has 1 aromatic heterocycles. The van der Waals surface area contributed by atoms with Crippen LogP contribution in [0.4, 0.5) is 0 Å². The second-order valence-corrected chi connectivity index (χ2v) is 7.78. The van der Waals surface area contributed by atoms with Gasteiger partial charge in [-0.2, -0.15) is 0 Å². The Kier molecular flexibility index (Phi) is 5.60. The van der Waals surface area contributed by atoms with Crippen LogP contribution in [0.15, 0.2) is 24.4 Å². The highest BCUT2D eigenvalue weighted by atomic mass is 16.1. The molecule has 0 aromatic carbocycles. The Morgan fingerprint density at radius 2 is 2.18 bits per heavy atom. The number of carbonyl (C=O) groups is 1. The number of rotatable bonds is 5. The van der Waals surface area contributed by atoms with E-state index in [-0.39, 0.29) is 17.2 Å². The highest BCUT2D eigenvalue weighted by Gasteiger charge is 2.39. The van der Waals surface area contributed by atoms with E-state index in [1.807, 2.05) is 18.2 Å². The fourth-order valence-electron chi connectivity index (χ4n) is 3.68. The largest absolute Gasteiger partial charge is 0.355 e. The molecule has 2 unspecified atom stereocenters. The van der Waals surface area contributed by atoms with Crippen LogP contribution in [-0.4, -0.2) is 17.4 Å². The van der Waals surface area contributed by atoms with Gasteiger partial charge in [0.15, 0.2) is 0 Å². The predicted octanol–water partition coefficient (Wildman–Crippen LogP) is 3.84. The summed E-state index contributed by atoms with van der Waals surface area (Å²) in [6.45, 7) is 9.75. The number of hydrogen-bond acceptors (Lipinski definition) is 2. The van der Waals surface area contributed by atoms with Gasteiger partial charge >= 0.3 is 0 Å². The van der Waals surface area contributed by atoms with Gasteiger partial charge in [-0.3, -0.25) is 9.78 Å². The zero-order valence-corrected chi connectivity index (χ0v) is 14.4. The molecular weight excluding hydrogens is 272 g/mol. The molecule has 3 heteroatoms. The molecule has 2 rings (SSSR count). The minimum atomic E-state index is 0.160. The highest BCUT2D eigenvalue weighted by molar-refractivity contribution is 5.79. The van der Waals surface area contributed by atoms with Gasteiger partial charge in [0, 0.05) is 30.8 Å². The van der Waals surface area contributed by atoms with Crippen molar-refractivity contribution in [1.82, 2.24) is 10.3 Å². The number of pyridine rings is 1. The first-order chi connectivity index (χ1) is 10.4. The summed E-state index contributed by atoms with van der Waals surface area (Å²) in [7, 11) is 0. The van der Waals surface area contributed by atoms with Crippen molar-refractivity contribution in [1.29, 1.82) is 0 Å². The molecule has 1 fully saturated rings. The van der Waals surface area contributed by atoms with Crippen molar-refractivity contribution in [2.45, 2.75) is 53.4 Å². The van der Waals surface area contributed by atoms with Crippen LogP contribution in [0.25, 0.3) is 0 Å². The number of nitrogens with one attached hydrogen (secondary N) is 1. The molecule has 1 saturated carbocycles. The summed E-state index contributed by atoms with van der Waals surface area (Å²) in [6.07, 6.45) is 6.01. The summed E-state index contributed by atoms with van der Waals surface area (Å²) in [5.41, 5.74) is 1.32. The van der Waals surface area contributed by atoms with Gasteiger partial charge in [0.2, 0.25) is 5.91 Å². The van der Waals surface area contributed by atoms with Crippen molar-refractivity contribution in [3.63, 3.8) is 0 Å². The molecule has 122 valence electrons. The molecule has 1 amide bonds. The number of hydrogen-bond donors (Lipinski definition) is 1. The summed E-state index contributed by atoms with van der Waals surface area (Å²) < 4.78 is 0. The molecule has 0 radical (unpaired) electrons. The monoisotopic (exact) mass is 302 g/mol. The Labute approximate surface area is 134 Å². The second-order valence-electron chi connectivity index (χ2n) is 7.78. The maximum absolute atomic E-state index is 12.7. The lowest BCUT2D eigenvalue weighted by Crippen LogP contribution is -2.43. The zero-order valence-electron chi connectivity index (χ0n) is 14.4. The Hall–Kier alpha value is -1.38. The van der Waals surface area contributed by atoms with E-state index in [0.717, 1.165) is 18.5 Å². The molecule has 0 aliphatic heterocycles. The third-order valence-corrected chi connectivity index (χ3v) is 5.04. The first kappa shape index (κ1) is 17.0. The van der Waals surface area contributed by atoms with Crippen molar-refractivity contribution < 1.29 is 4.79 Å². The van der Waals surface area contributed by atoms with Gasteiger partial charge < -0.3 is 5.32 Å². The predicted molar refractivity (Wildman–Crippen MR) is 90.4 cm³/mol. The van der Waals surface area contributed by atoms with Gasteiger partial charge in [0.25, 0.3) is 0 Å². The third kappa shape index (κ3) is 4.56. The summed E-state index contributed by atoms with van der Waals surface area (Å²) in [4.78, 5) is 17.0. The van der Waals surface area contributed by atoms with Gasteiger partial charge in [-0.1, -0.05) is 33.8 Å². The summed E-state index contributed by atoms with van der Waals surface area (Å²) in [5.74, 6) is 1.49. The van der Waals surface area contributed by atoms with Gasteiger partial charge in [0.1, 0.15) is 0 Å². The van der Waals surface area contributed by atoms with Gasteiger partial charge in [0.05, 0.1) is 0 Å². The van der Waals surface area contributed by atoms with Crippen LogP contribution in [0.2, 0.25) is 0 Å². The normalized spacial score (nSPS) is 24.2. The van der Waals surface area contributed by atoms with Crippen molar-refractivity contribution in [2.24, 2.45) is 23.2 Å². The van der Waals surface area contributed by atoms with E-state index in [1.165, 1.54) is 12.8 Å². The molecule has 0 saturated heterocycles. The SMILES string of the molecule is CC(C)C1CCC(C)(C)CC1C(=O)NCCc1ccccn1. The number of amides is 1. The fraction of sp³-hybridized carbons (Fsp3) is 0.684. The average molecular weight is 302 g/mol. The van der Waals surface area contributed by atoms with Crippen LogP contribution in [0, 0.1) is 23.2 Å². The van der Waals surface area contributed by atoms with Gasteiger partial charge in [-0.05, 0) is 48.6 Å². The number of aromatic nitrogens is 1. The van der Waals surface area contributed by atoms with E-state index in [2.05, 4.69) is 38.0 Å². The number of nitrogens with zero attached hydrogens (tertiary/aromatic N) is 1. The molecule has 1 aliphatic rings. The topological polar surface area (TPSA) is 42.0 Å². The first-order valence-electron chi connectivity index (χ1n) is 8.57. The number of carbonyl (C=O) groups excluding carboxylic acids is 1. The fourth-order valence-corrected chi connectivity index (χ4v) is 3.68. The molecule has 3 nitrogen and oxygen atoms in total. The van der Waals surface area contributed by atoms with Gasteiger partial charge in [-0.25, -0.2) is 0 Å².